The third kappa shape index (κ3) is 7.41. The zero-order valence-corrected chi connectivity index (χ0v) is 23.9. The van der Waals surface area contributed by atoms with Crippen LogP contribution in [0.2, 0.25) is 10.0 Å². The number of carbonyl (C=O) groups is 1. The highest BCUT2D eigenvalue weighted by molar-refractivity contribution is 6.35. The minimum atomic E-state index is -0.389. The van der Waals surface area contributed by atoms with Crippen molar-refractivity contribution in [1.29, 1.82) is 0 Å². The SMILES string of the molecule is COC1CCCCC1/N=C(\Nc1ccc(C(CC(N)=O)c2ccc(Cl)cc2Cl)cc1)N1CC(C)NC(C)C1. The van der Waals surface area contributed by atoms with E-state index in [9.17, 15) is 4.79 Å². The Morgan fingerprint density at radius 3 is 2.45 bits per heavy atom. The number of nitrogens with zero attached hydrogens (tertiary/aromatic N) is 2. The number of amides is 1. The molecular formula is C29H39Cl2N5O2. The van der Waals surface area contributed by atoms with E-state index in [2.05, 4.69) is 29.4 Å². The predicted octanol–water partition coefficient (Wildman–Crippen LogP) is 5.41. The van der Waals surface area contributed by atoms with Gasteiger partial charge in [0.25, 0.3) is 0 Å². The molecule has 7 nitrogen and oxygen atoms in total. The van der Waals surface area contributed by atoms with E-state index in [0.29, 0.717) is 22.1 Å². The van der Waals surface area contributed by atoms with Gasteiger partial charge in [-0.3, -0.25) is 4.79 Å². The van der Waals surface area contributed by atoms with Crippen molar-refractivity contribution < 1.29 is 9.53 Å². The Kier molecular flexibility index (Phi) is 9.93. The highest BCUT2D eigenvalue weighted by Crippen LogP contribution is 2.35. The minimum Gasteiger partial charge on any atom is -0.379 e. The summed E-state index contributed by atoms with van der Waals surface area (Å²) in [4.78, 5) is 19.5. The van der Waals surface area contributed by atoms with Gasteiger partial charge in [0.2, 0.25) is 5.91 Å². The Hall–Kier alpha value is -2.32. The molecule has 2 aromatic carbocycles. The Bertz CT molecular complexity index is 1120. The van der Waals surface area contributed by atoms with Crippen LogP contribution in [-0.2, 0) is 9.53 Å². The molecule has 5 atom stereocenters. The Labute approximate surface area is 236 Å². The van der Waals surface area contributed by atoms with E-state index >= 15 is 0 Å². The Balaban J connectivity index is 1.61. The summed E-state index contributed by atoms with van der Waals surface area (Å²) in [6.07, 6.45) is 4.70. The number of hydrogen-bond donors (Lipinski definition) is 3. The van der Waals surface area contributed by atoms with Gasteiger partial charge in [0.05, 0.1) is 12.1 Å². The third-order valence-electron chi connectivity index (χ3n) is 7.43. The van der Waals surface area contributed by atoms with Crippen molar-refractivity contribution in [1.82, 2.24) is 10.2 Å². The van der Waals surface area contributed by atoms with Gasteiger partial charge in [-0.1, -0.05) is 54.2 Å². The van der Waals surface area contributed by atoms with Gasteiger partial charge in [0.15, 0.2) is 5.96 Å². The maximum absolute atomic E-state index is 11.9. The van der Waals surface area contributed by atoms with Crippen molar-refractivity contribution in [3.8, 4) is 0 Å². The van der Waals surface area contributed by atoms with Crippen LogP contribution in [0.25, 0.3) is 0 Å². The second kappa shape index (κ2) is 13.2. The number of anilines is 1. The number of hydrogen-bond acceptors (Lipinski definition) is 4. The number of methoxy groups -OCH3 is 1. The fourth-order valence-electron chi connectivity index (χ4n) is 5.67. The lowest BCUT2D eigenvalue weighted by atomic mass is 9.88. The number of aliphatic imine (C=N–C) groups is 1. The topological polar surface area (TPSA) is 92.0 Å². The van der Waals surface area contributed by atoms with Gasteiger partial charge in [-0.05, 0) is 62.1 Å². The molecule has 1 heterocycles. The van der Waals surface area contributed by atoms with E-state index in [1.54, 1.807) is 19.2 Å². The molecule has 4 N–H and O–H groups in total. The molecule has 38 heavy (non-hydrogen) atoms. The van der Waals surface area contributed by atoms with Crippen LogP contribution >= 0.6 is 23.2 Å². The minimum absolute atomic E-state index is 0.128. The summed E-state index contributed by atoms with van der Waals surface area (Å²) in [5, 5.41) is 8.27. The van der Waals surface area contributed by atoms with Crippen LogP contribution in [0.4, 0.5) is 5.69 Å². The number of guanidine groups is 1. The van der Waals surface area contributed by atoms with E-state index in [0.717, 1.165) is 48.7 Å². The molecule has 1 aliphatic carbocycles. The average molecular weight is 561 g/mol. The van der Waals surface area contributed by atoms with Crippen LogP contribution in [-0.4, -0.2) is 61.2 Å². The first-order chi connectivity index (χ1) is 18.2. The maximum atomic E-state index is 11.9. The van der Waals surface area contributed by atoms with E-state index in [-0.39, 0.29) is 30.4 Å². The molecule has 2 aliphatic rings. The summed E-state index contributed by atoms with van der Waals surface area (Å²) >= 11 is 12.6. The Morgan fingerprint density at radius 1 is 1.13 bits per heavy atom. The summed E-state index contributed by atoms with van der Waals surface area (Å²) in [5.41, 5.74) is 8.31. The average Bonchev–Trinajstić information content (AvgIpc) is 2.87. The molecule has 206 valence electrons. The molecule has 1 aliphatic heterocycles. The van der Waals surface area contributed by atoms with E-state index in [1.807, 2.05) is 30.3 Å². The number of piperazine rings is 1. The number of rotatable bonds is 7. The van der Waals surface area contributed by atoms with E-state index < -0.39 is 0 Å². The van der Waals surface area contributed by atoms with Crippen LogP contribution in [0.15, 0.2) is 47.5 Å². The number of benzene rings is 2. The van der Waals surface area contributed by atoms with Crippen LogP contribution in [0.1, 0.15) is 63.0 Å². The molecule has 0 radical (unpaired) electrons. The van der Waals surface area contributed by atoms with Gasteiger partial charge in [0, 0.05) is 60.4 Å². The molecule has 9 heteroatoms. The second-order valence-electron chi connectivity index (χ2n) is 10.6. The Morgan fingerprint density at radius 2 is 1.82 bits per heavy atom. The molecule has 0 bridgehead atoms. The highest BCUT2D eigenvalue weighted by atomic mass is 35.5. The van der Waals surface area contributed by atoms with Crippen LogP contribution in [0.3, 0.4) is 0 Å². The molecule has 2 aromatic rings. The molecular weight excluding hydrogens is 521 g/mol. The molecule has 4 rings (SSSR count). The van der Waals surface area contributed by atoms with Crippen molar-refractivity contribution in [3.63, 3.8) is 0 Å². The first kappa shape index (κ1) is 28.7. The number of primary amides is 1. The number of nitrogens with one attached hydrogen (secondary N) is 2. The summed E-state index contributed by atoms with van der Waals surface area (Å²) in [5.74, 6) is 0.222. The molecule has 1 amide bonds. The van der Waals surface area contributed by atoms with Gasteiger partial charge < -0.3 is 26.0 Å². The first-order valence-corrected chi connectivity index (χ1v) is 14.2. The lowest BCUT2D eigenvalue weighted by molar-refractivity contribution is -0.118. The smallest absolute Gasteiger partial charge is 0.218 e. The lowest BCUT2D eigenvalue weighted by Gasteiger charge is -2.39. The first-order valence-electron chi connectivity index (χ1n) is 13.4. The van der Waals surface area contributed by atoms with Crippen LogP contribution in [0.5, 0.6) is 0 Å². The highest BCUT2D eigenvalue weighted by Gasteiger charge is 2.29. The number of ether oxygens (including phenoxy) is 1. The zero-order valence-electron chi connectivity index (χ0n) is 22.4. The van der Waals surface area contributed by atoms with Gasteiger partial charge in [-0.25, -0.2) is 4.99 Å². The van der Waals surface area contributed by atoms with Gasteiger partial charge in [-0.2, -0.15) is 0 Å². The standard InChI is InChI=1S/C29H39Cl2N5O2/c1-18-16-36(17-19(2)33-18)29(35-26-6-4-5-7-27(26)38-3)34-22-11-8-20(9-12-22)24(15-28(32)37)23-13-10-21(30)14-25(23)31/h8-14,18-19,24,26-27,33H,4-7,15-17H2,1-3H3,(H2,32,37)(H,34,35). The van der Waals surface area contributed by atoms with Crippen molar-refractivity contribution in [2.45, 2.75) is 76.1 Å². The van der Waals surface area contributed by atoms with Crippen molar-refractivity contribution >= 4 is 40.8 Å². The fraction of sp³-hybridized carbons (Fsp3) is 0.517. The largest absolute Gasteiger partial charge is 0.379 e. The molecule has 5 unspecified atom stereocenters. The van der Waals surface area contributed by atoms with Crippen LogP contribution < -0.4 is 16.4 Å². The number of halogens is 2. The fourth-order valence-corrected chi connectivity index (χ4v) is 6.21. The summed E-state index contributed by atoms with van der Waals surface area (Å²) in [7, 11) is 1.79. The van der Waals surface area contributed by atoms with Crippen molar-refractivity contribution in [3.05, 3.63) is 63.6 Å². The van der Waals surface area contributed by atoms with Crippen molar-refractivity contribution in [2.75, 3.05) is 25.5 Å². The second-order valence-corrected chi connectivity index (χ2v) is 11.4. The molecule has 0 aromatic heterocycles. The quantitative estimate of drug-likeness (QED) is 0.311. The lowest BCUT2D eigenvalue weighted by Crippen LogP contribution is -2.57. The van der Waals surface area contributed by atoms with Crippen molar-refractivity contribution in [2.24, 2.45) is 10.7 Å². The maximum Gasteiger partial charge on any atom is 0.218 e. The van der Waals surface area contributed by atoms with Crippen LogP contribution in [0, 0.1) is 0 Å². The molecule has 1 saturated heterocycles. The summed E-state index contributed by atoms with van der Waals surface area (Å²) < 4.78 is 5.79. The summed E-state index contributed by atoms with van der Waals surface area (Å²) in [6, 6.07) is 14.2. The van der Waals surface area contributed by atoms with Gasteiger partial charge in [0.1, 0.15) is 0 Å². The molecule has 1 saturated carbocycles. The molecule has 2 fully saturated rings. The summed E-state index contributed by atoms with van der Waals surface area (Å²) in [6.45, 7) is 6.14. The van der Waals surface area contributed by atoms with Gasteiger partial charge in [-0.15, -0.1) is 0 Å². The molecule has 0 spiro atoms. The monoisotopic (exact) mass is 559 g/mol. The predicted molar refractivity (Wildman–Crippen MR) is 156 cm³/mol. The third-order valence-corrected chi connectivity index (χ3v) is 7.99. The number of carbonyl (C=O) groups excluding carboxylic acids is 1. The number of nitrogens with two attached hydrogens (primary N) is 1. The zero-order chi connectivity index (χ0) is 27.2. The van der Waals surface area contributed by atoms with Gasteiger partial charge >= 0.3 is 0 Å². The normalized spacial score (nSPS) is 25.2. The van der Waals surface area contributed by atoms with E-state index in [4.69, 9.17) is 38.7 Å². The van der Waals surface area contributed by atoms with E-state index in [1.165, 1.54) is 12.8 Å².